The average Bonchev–Trinajstić information content (AvgIpc) is 2.44. The van der Waals surface area contributed by atoms with Crippen molar-refractivity contribution in [1.82, 2.24) is 4.90 Å². The molecule has 20 heavy (non-hydrogen) atoms. The zero-order chi connectivity index (χ0) is 14.5. The second-order valence-electron chi connectivity index (χ2n) is 5.55. The normalized spacial score (nSPS) is 19.1. The highest BCUT2D eigenvalue weighted by Gasteiger charge is 2.17. The zero-order valence-corrected chi connectivity index (χ0v) is 12.7. The first-order chi connectivity index (χ1) is 9.63. The number of rotatable bonds is 6. The van der Waals surface area contributed by atoms with E-state index in [1.54, 1.807) is 0 Å². The first-order valence-electron chi connectivity index (χ1n) is 7.52. The lowest BCUT2D eigenvalue weighted by Crippen LogP contribution is -2.36. The highest BCUT2D eigenvalue weighted by molar-refractivity contribution is 5.59. The molecule has 0 aliphatic carbocycles. The van der Waals surface area contributed by atoms with Crippen LogP contribution in [0.2, 0.25) is 0 Å². The maximum absolute atomic E-state index is 9.10. The minimum atomic E-state index is 0.218. The van der Waals surface area contributed by atoms with E-state index in [4.69, 9.17) is 9.84 Å². The highest BCUT2D eigenvalue weighted by atomic mass is 16.5. The van der Waals surface area contributed by atoms with Crippen LogP contribution in [0.5, 0.6) is 5.75 Å². The van der Waals surface area contributed by atoms with Crippen molar-refractivity contribution in [2.24, 2.45) is 0 Å². The third-order valence-corrected chi connectivity index (χ3v) is 3.90. The van der Waals surface area contributed by atoms with Gasteiger partial charge in [0.05, 0.1) is 18.8 Å². The molecule has 0 spiro atoms. The van der Waals surface area contributed by atoms with Gasteiger partial charge in [-0.1, -0.05) is 13.0 Å². The molecule has 1 aromatic carbocycles. The Morgan fingerprint density at radius 2 is 2.30 bits per heavy atom. The summed E-state index contributed by atoms with van der Waals surface area (Å²) >= 11 is 0. The maximum Gasteiger partial charge on any atom is 0.142 e. The largest absolute Gasteiger partial charge is 0.487 e. The average molecular weight is 278 g/mol. The molecule has 112 valence electrons. The van der Waals surface area contributed by atoms with Gasteiger partial charge in [0, 0.05) is 12.6 Å². The molecule has 0 saturated carbocycles. The monoisotopic (exact) mass is 278 g/mol. The summed E-state index contributed by atoms with van der Waals surface area (Å²) in [7, 11) is 0. The van der Waals surface area contributed by atoms with Crippen LogP contribution in [0, 0.1) is 0 Å². The molecule has 0 amide bonds. The van der Waals surface area contributed by atoms with Crippen LogP contribution in [0.3, 0.4) is 0 Å². The van der Waals surface area contributed by atoms with Gasteiger partial charge in [-0.15, -0.1) is 0 Å². The number of fused-ring (bicyclic) bond motifs is 1. The third-order valence-electron chi connectivity index (χ3n) is 3.90. The molecule has 0 fully saturated rings. The Morgan fingerprint density at radius 1 is 1.50 bits per heavy atom. The summed E-state index contributed by atoms with van der Waals surface area (Å²) < 4.78 is 5.79. The smallest absolute Gasteiger partial charge is 0.142 e. The van der Waals surface area contributed by atoms with E-state index in [-0.39, 0.29) is 12.7 Å². The van der Waals surface area contributed by atoms with E-state index in [1.165, 1.54) is 5.56 Å². The second kappa shape index (κ2) is 6.95. The van der Waals surface area contributed by atoms with Crippen molar-refractivity contribution in [3.05, 3.63) is 23.8 Å². The topological polar surface area (TPSA) is 44.7 Å². The van der Waals surface area contributed by atoms with Gasteiger partial charge in [-0.05, 0) is 44.5 Å². The maximum atomic E-state index is 9.10. The minimum Gasteiger partial charge on any atom is -0.487 e. The van der Waals surface area contributed by atoms with Crippen LogP contribution in [0.1, 0.15) is 26.3 Å². The second-order valence-corrected chi connectivity index (χ2v) is 5.55. The predicted molar refractivity (Wildman–Crippen MR) is 82.5 cm³/mol. The molecule has 0 aromatic heterocycles. The zero-order valence-electron chi connectivity index (χ0n) is 12.7. The van der Waals surface area contributed by atoms with E-state index in [0.29, 0.717) is 6.04 Å². The molecule has 2 N–H and O–H groups in total. The lowest BCUT2D eigenvalue weighted by Gasteiger charge is -2.28. The lowest BCUT2D eigenvalue weighted by atomic mass is 10.0. The summed E-state index contributed by atoms with van der Waals surface area (Å²) in [5, 5.41) is 12.5. The molecule has 2 rings (SSSR count). The molecule has 2 atom stereocenters. The van der Waals surface area contributed by atoms with Crippen molar-refractivity contribution in [3.63, 3.8) is 0 Å². The van der Waals surface area contributed by atoms with Crippen LogP contribution in [-0.2, 0) is 6.42 Å². The SMILES string of the molecule is CCN(CCO)C(C)Cc1ccc2c(c1)NCC(C)O2. The molecule has 4 nitrogen and oxygen atoms in total. The molecule has 1 aliphatic rings. The number of aliphatic hydroxyl groups is 1. The van der Waals surface area contributed by atoms with Gasteiger partial charge in [0.15, 0.2) is 0 Å². The molecule has 0 saturated heterocycles. The van der Waals surface area contributed by atoms with Crippen molar-refractivity contribution in [1.29, 1.82) is 0 Å². The fourth-order valence-electron chi connectivity index (χ4n) is 2.75. The summed E-state index contributed by atoms with van der Waals surface area (Å²) in [5.41, 5.74) is 2.40. The van der Waals surface area contributed by atoms with Crippen molar-refractivity contribution >= 4 is 5.69 Å². The Morgan fingerprint density at radius 3 is 3.00 bits per heavy atom. The Hall–Kier alpha value is -1.26. The van der Waals surface area contributed by atoms with Gasteiger partial charge in [-0.25, -0.2) is 0 Å². The Balaban J connectivity index is 2.03. The number of anilines is 1. The first-order valence-corrected chi connectivity index (χ1v) is 7.52. The molecular formula is C16H26N2O2. The lowest BCUT2D eigenvalue weighted by molar-refractivity contribution is 0.164. The van der Waals surface area contributed by atoms with E-state index < -0.39 is 0 Å². The number of hydrogen-bond donors (Lipinski definition) is 2. The number of aliphatic hydroxyl groups excluding tert-OH is 1. The predicted octanol–water partition coefficient (Wildman–Crippen LogP) is 2.12. The standard InChI is InChI=1S/C16H26N2O2/c1-4-18(7-8-19)12(2)9-14-5-6-16-15(10-14)17-11-13(3)20-16/h5-6,10,12-13,17,19H,4,7-9,11H2,1-3H3. The Bertz CT molecular complexity index is 436. The number of hydrogen-bond acceptors (Lipinski definition) is 4. The van der Waals surface area contributed by atoms with Gasteiger partial charge >= 0.3 is 0 Å². The summed E-state index contributed by atoms with van der Waals surface area (Å²) in [6.07, 6.45) is 1.21. The summed E-state index contributed by atoms with van der Waals surface area (Å²) in [4.78, 5) is 2.30. The fraction of sp³-hybridized carbons (Fsp3) is 0.625. The molecule has 1 aliphatic heterocycles. The quantitative estimate of drug-likeness (QED) is 0.836. The van der Waals surface area contributed by atoms with Gasteiger partial charge in [-0.3, -0.25) is 4.90 Å². The van der Waals surface area contributed by atoms with Crippen LogP contribution in [0.15, 0.2) is 18.2 Å². The number of ether oxygens (including phenoxy) is 1. The number of nitrogens with zero attached hydrogens (tertiary/aromatic N) is 1. The van der Waals surface area contributed by atoms with Gasteiger partial charge in [0.2, 0.25) is 0 Å². The molecule has 0 radical (unpaired) electrons. The summed E-state index contributed by atoms with van der Waals surface area (Å²) in [6.45, 7) is 9.20. The molecule has 1 heterocycles. The number of likely N-dealkylation sites (N-methyl/N-ethyl adjacent to an activating group) is 1. The van der Waals surface area contributed by atoms with E-state index >= 15 is 0 Å². The van der Waals surface area contributed by atoms with E-state index in [2.05, 4.69) is 49.2 Å². The van der Waals surface area contributed by atoms with Crippen LogP contribution in [0.4, 0.5) is 5.69 Å². The van der Waals surface area contributed by atoms with E-state index in [9.17, 15) is 0 Å². The summed E-state index contributed by atoms with van der Waals surface area (Å²) in [5.74, 6) is 0.947. The van der Waals surface area contributed by atoms with Crippen LogP contribution in [0.25, 0.3) is 0 Å². The molecule has 0 bridgehead atoms. The minimum absolute atomic E-state index is 0.218. The van der Waals surface area contributed by atoms with Crippen LogP contribution in [-0.4, -0.2) is 48.4 Å². The molecule has 2 unspecified atom stereocenters. The van der Waals surface area contributed by atoms with Crippen molar-refractivity contribution in [3.8, 4) is 5.75 Å². The van der Waals surface area contributed by atoms with Crippen molar-refractivity contribution in [2.75, 3.05) is 31.6 Å². The molecule has 4 heteroatoms. The van der Waals surface area contributed by atoms with Crippen LogP contribution >= 0.6 is 0 Å². The Kier molecular flexibility index (Phi) is 5.26. The van der Waals surface area contributed by atoms with Gasteiger partial charge in [0.25, 0.3) is 0 Å². The van der Waals surface area contributed by atoms with Gasteiger partial charge in [-0.2, -0.15) is 0 Å². The molecular weight excluding hydrogens is 252 g/mol. The summed E-state index contributed by atoms with van der Waals surface area (Å²) in [6, 6.07) is 6.81. The van der Waals surface area contributed by atoms with E-state index in [1.807, 2.05) is 0 Å². The van der Waals surface area contributed by atoms with Gasteiger partial charge < -0.3 is 15.2 Å². The highest BCUT2D eigenvalue weighted by Crippen LogP contribution is 2.30. The third kappa shape index (κ3) is 3.64. The fourth-order valence-corrected chi connectivity index (χ4v) is 2.75. The van der Waals surface area contributed by atoms with E-state index in [0.717, 1.165) is 37.5 Å². The van der Waals surface area contributed by atoms with Gasteiger partial charge in [0.1, 0.15) is 11.9 Å². The first kappa shape index (κ1) is 15.1. The van der Waals surface area contributed by atoms with Crippen LogP contribution < -0.4 is 10.1 Å². The van der Waals surface area contributed by atoms with Crippen molar-refractivity contribution < 1.29 is 9.84 Å². The van der Waals surface area contributed by atoms with Crippen molar-refractivity contribution in [2.45, 2.75) is 39.3 Å². The number of benzene rings is 1. The Labute approximate surface area is 121 Å². The number of nitrogens with one attached hydrogen (secondary N) is 1. The molecule has 1 aromatic rings.